The highest BCUT2D eigenvalue weighted by Crippen LogP contribution is 1.94. The van der Waals surface area contributed by atoms with Crippen LogP contribution in [-0.2, 0) is 20.5 Å². The van der Waals surface area contributed by atoms with Gasteiger partial charge in [-0.15, -0.1) is 0 Å². The molecule has 4 nitrogen and oxygen atoms in total. The van der Waals surface area contributed by atoms with E-state index in [1.807, 2.05) is 50.5 Å². The quantitative estimate of drug-likeness (QED) is 0.712. The Hall–Kier alpha value is -1.58. The summed E-state index contributed by atoms with van der Waals surface area (Å²) >= 11 is 0. The Morgan fingerprint density at radius 1 is 1.07 bits per heavy atom. The van der Waals surface area contributed by atoms with Crippen LogP contribution in [0.2, 0.25) is 0 Å². The van der Waals surface area contributed by atoms with Crippen LogP contribution >= 0.6 is 0 Å². The van der Waals surface area contributed by atoms with E-state index in [0.717, 1.165) is 6.42 Å². The van der Waals surface area contributed by atoms with Crippen molar-refractivity contribution in [1.29, 1.82) is 0 Å². The highest BCUT2D eigenvalue weighted by molar-refractivity contribution is 5.02. The minimum Gasteiger partial charge on any atom is -0.276 e. The molecule has 2 heterocycles. The van der Waals surface area contributed by atoms with Crippen LogP contribution in [0.4, 0.5) is 0 Å². The highest BCUT2D eigenvalue weighted by atomic mass is 15.2. The summed E-state index contributed by atoms with van der Waals surface area (Å²) in [5.74, 6) is 0. The fourth-order valence-corrected chi connectivity index (χ4v) is 1.20. The molecular weight excluding hydrogens is 188 g/mol. The monoisotopic (exact) mass is 206 g/mol. The molecule has 0 spiro atoms. The van der Waals surface area contributed by atoms with E-state index in [2.05, 4.69) is 17.1 Å². The third kappa shape index (κ3) is 3.97. The molecule has 0 aromatic carbocycles. The summed E-state index contributed by atoms with van der Waals surface area (Å²) in [6, 6.07) is 0. The van der Waals surface area contributed by atoms with Crippen LogP contribution in [0.5, 0.6) is 0 Å². The van der Waals surface area contributed by atoms with Crippen molar-refractivity contribution in [2.45, 2.75) is 20.3 Å². The Kier molecular flexibility index (Phi) is 4.09. The average molecular weight is 206 g/mol. The van der Waals surface area contributed by atoms with Gasteiger partial charge in [-0.1, -0.05) is 6.92 Å². The van der Waals surface area contributed by atoms with E-state index in [1.54, 1.807) is 4.68 Å². The van der Waals surface area contributed by atoms with Gasteiger partial charge in [0.2, 0.25) is 0 Å². The van der Waals surface area contributed by atoms with Gasteiger partial charge in [0.1, 0.15) is 0 Å². The molecular formula is C11H18N4. The second kappa shape index (κ2) is 5.34. The van der Waals surface area contributed by atoms with Crippen molar-refractivity contribution >= 4 is 0 Å². The van der Waals surface area contributed by atoms with Crippen molar-refractivity contribution in [2.24, 2.45) is 14.1 Å². The van der Waals surface area contributed by atoms with Crippen molar-refractivity contribution in [3.05, 3.63) is 35.9 Å². The molecule has 0 bridgehead atoms. The SMILES string of the molecule is CCc1cnn(C)c1.Cc1cnn(C)c1. The summed E-state index contributed by atoms with van der Waals surface area (Å²) in [6.07, 6.45) is 8.80. The first-order valence-corrected chi connectivity index (χ1v) is 5.04. The summed E-state index contributed by atoms with van der Waals surface area (Å²) in [5, 5.41) is 7.94. The van der Waals surface area contributed by atoms with Gasteiger partial charge >= 0.3 is 0 Å². The van der Waals surface area contributed by atoms with Crippen LogP contribution in [-0.4, -0.2) is 19.6 Å². The zero-order valence-electron chi connectivity index (χ0n) is 9.81. The Morgan fingerprint density at radius 2 is 1.67 bits per heavy atom. The van der Waals surface area contributed by atoms with Crippen molar-refractivity contribution in [3.8, 4) is 0 Å². The lowest BCUT2D eigenvalue weighted by atomic mass is 10.3. The van der Waals surface area contributed by atoms with Gasteiger partial charge in [0, 0.05) is 26.5 Å². The van der Waals surface area contributed by atoms with E-state index in [0.29, 0.717) is 0 Å². The largest absolute Gasteiger partial charge is 0.276 e. The molecule has 15 heavy (non-hydrogen) atoms. The zero-order valence-corrected chi connectivity index (χ0v) is 9.81. The molecule has 0 radical (unpaired) electrons. The van der Waals surface area contributed by atoms with Gasteiger partial charge in [-0.3, -0.25) is 9.36 Å². The summed E-state index contributed by atoms with van der Waals surface area (Å²) in [6.45, 7) is 4.14. The summed E-state index contributed by atoms with van der Waals surface area (Å²) in [4.78, 5) is 0. The van der Waals surface area contributed by atoms with Gasteiger partial charge in [0.15, 0.2) is 0 Å². The molecule has 82 valence electrons. The standard InChI is InChI=1S/C6H10N2.C5H8N2/c1-3-6-4-7-8(2)5-6;1-5-3-6-7(2)4-5/h4-5H,3H2,1-2H3;3-4H,1-2H3. The number of aryl methyl sites for hydroxylation is 4. The Balaban J connectivity index is 0.000000151. The van der Waals surface area contributed by atoms with E-state index in [1.165, 1.54) is 11.1 Å². The second-order valence-corrected chi connectivity index (χ2v) is 3.57. The lowest BCUT2D eigenvalue weighted by Crippen LogP contribution is -1.84. The van der Waals surface area contributed by atoms with E-state index < -0.39 is 0 Å². The van der Waals surface area contributed by atoms with E-state index in [9.17, 15) is 0 Å². The summed E-state index contributed by atoms with van der Waals surface area (Å²) in [5.41, 5.74) is 2.51. The molecule has 0 N–H and O–H groups in total. The third-order valence-corrected chi connectivity index (χ3v) is 2.00. The van der Waals surface area contributed by atoms with Crippen LogP contribution < -0.4 is 0 Å². The van der Waals surface area contributed by atoms with Gasteiger partial charge in [-0.25, -0.2) is 0 Å². The first kappa shape index (κ1) is 11.5. The average Bonchev–Trinajstić information content (AvgIpc) is 2.76. The van der Waals surface area contributed by atoms with Crippen LogP contribution in [0.25, 0.3) is 0 Å². The topological polar surface area (TPSA) is 35.6 Å². The highest BCUT2D eigenvalue weighted by Gasteiger charge is 1.87. The molecule has 2 aromatic rings. The molecule has 0 saturated heterocycles. The van der Waals surface area contributed by atoms with E-state index >= 15 is 0 Å². The minimum absolute atomic E-state index is 1.08. The predicted octanol–water partition coefficient (Wildman–Crippen LogP) is 1.71. The molecule has 0 atom stereocenters. The van der Waals surface area contributed by atoms with Crippen molar-refractivity contribution < 1.29 is 0 Å². The number of rotatable bonds is 1. The Morgan fingerprint density at radius 3 is 1.87 bits per heavy atom. The van der Waals surface area contributed by atoms with Gasteiger partial charge in [-0.2, -0.15) is 10.2 Å². The normalized spacial score (nSPS) is 9.60. The molecule has 0 unspecified atom stereocenters. The van der Waals surface area contributed by atoms with Gasteiger partial charge in [0.05, 0.1) is 12.4 Å². The molecule has 0 aliphatic rings. The van der Waals surface area contributed by atoms with Crippen molar-refractivity contribution in [3.63, 3.8) is 0 Å². The molecule has 0 aliphatic carbocycles. The maximum absolute atomic E-state index is 4.00. The van der Waals surface area contributed by atoms with Gasteiger partial charge in [-0.05, 0) is 24.5 Å². The van der Waals surface area contributed by atoms with Crippen molar-refractivity contribution in [2.75, 3.05) is 0 Å². The first-order valence-electron chi connectivity index (χ1n) is 5.04. The fraction of sp³-hybridized carbons (Fsp3) is 0.455. The second-order valence-electron chi connectivity index (χ2n) is 3.57. The van der Waals surface area contributed by atoms with Crippen LogP contribution in [0, 0.1) is 6.92 Å². The maximum atomic E-state index is 4.00. The molecule has 0 aliphatic heterocycles. The number of nitrogens with zero attached hydrogens (tertiary/aromatic N) is 4. The van der Waals surface area contributed by atoms with Crippen LogP contribution in [0.15, 0.2) is 24.8 Å². The Labute approximate surface area is 90.5 Å². The maximum Gasteiger partial charge on any atom is 0.0521 e. The fourth-order valence-electron chi connectivity index (χ4n) is 1.20. The molecule has 0 saturated carbocycles. The third-order valence-electron chi connectivity index (χ3n) is 2.00. The van der Waals surface area contributed by atoms with Gasteiger partial charge < -0.3 is 0 Å². The lowest BCUT2D eigenvalue weighted by molar-refractivity contribution is 0.767. The van der Waals surface area contributed by atoms with E-state index in [4.69, 9.17) is 0 Å². The molecule has 0 fully saturated rings. The van der Waals surface area contributed by atoms with Crippen LogP contribution in [0.1, 0.15) is 18.1 Å². The Bertz CT molecular complexity index is 384. The smallest absolute Gasteiger partial charge is 0.0521 e. The minimum atomic E-state index is 1.08. The molecule has 2 aromatic heterocycles. The molecule has 4 heteroatoms. The number of aromatic nitrogens is 4. The first-order chi connectivity index (χ1) is 7.11. The predicted molar refractivity (Wildman–Crippen MR) is 60.5 cm³/mol. The summed E-state index contributed by atoms with van der Waals surface area (Å²) < 4.78 is 3.61. The number of hydrogen-bond donors (Lipinski definition) is 0. The zero-order chi connectivity index (χ0) is 11.3. The summed E-state index contributed by atoms with van der Waals surface area (Å²) in [7, 11) is 3.84. The number of hydrogen-bond acceptors (Lipinski definition) is 2. The molecule has 2 rings (SSSR count). The van der Waals surface area contributed by atoms with Crippen molar-refractivity contribution in [1.82, 2.24) is 19.6 Å². The lowest BCUT2D eigenvalue weighted by Gasteiger charge is -1.81. The van der Waals surface area contributed by atoms with E-state index in [-0.39, 0.29) is 0 Å². The van der Waals surface area contributed by atoms with Crippen LogP contribution in [0.3, 0.4) is 0 Å². The van der Waals surface area contributed by atoms with Gasteiger partial charge in [0.25, 0.3) is 0 Å². The molecule has 0 amide bonds.